The number of nitrogens with one attached hydrogen (secondary N) is 1. The molecule has 0 unspecified atom stereocenters. The molecule has 2 aromatic carbocycles. The molecular weight excluding hydrogens is 314 g/mol. The van der Waals surface area contributed by atoms with Gasteiger partial charge in [0.2, 0.25) is 0 Å². The fourth-order valence-corrected chi connectivity index (χ4v) is 3.55. The van der Waals surface area contributed by atoms with E-state index in [9.17, 15) is 4.79 Å². The first-order chi connectivity index (χ1) is 12.2. The zero-order chi connectivity index (χ0) is 17.2. The van der Waals surface area contributed by atoms with Crippen LogP contribution in [0.25, 0.3) is 11.0 Å². The lowest BCUT2D eigenvalue weighted by Crippen LogP contribution is -2.37. The molecule has 1 aromatic heterocycles. The van der Waals surface area contributed by atoms with Gasteiger partial charge in [-0.1, -0.05) is 24.3 Å². The Balaban J connectivity index is 1.44. The fourth-order valence-electron chi connectivity index (χ4n) is 3.55. The van der Waals surface area contributed by atoms with Crippen LogP contribution in [-0.4, -0.2) is 39.3 Å². The van der Waals surface area contributed by atoms with Crippen molar-refractivity contribution in [2.75, 3.05) is 13.1 Å². The summed E-state index contributed by atoms with van der Waals surface area (Å²) in [5, 5.41) is 10.7. The minimum Gasteiger partial charge on any atom is -0.339 e. The first-order valence-electron chi connectivity index (χ1n) is 8.63. The summed E-state index contributed by atoms with van der Waals surface area (Å²) >= 11 is 0. The molecule has 6 heteroatoms. The maximum Gasteiger partial charge on any atom is 0.253 e. The van der Waals surface area contributed by atoms with Crippen LogP contribution in [-0.2, 0) is 6.54 Å². The minimum atomic E-state index is 0.0686. The molecule has 0 aliphatic carbocycles. The number of nitrogens with two attached hydrogens (primary N) is 1. The Morgan fingerprint density at radius 3 is 2.72 bits per heavy atom. The SMILES string of the molecule is NCc1cccc(C2CCN(C(=O)c3ccc4n[nH]nc4c3)CC2)c1. The third-order valence-corrected chi connectivity index (χ3v) is 5.00. The maximum atomic E-state index is 12.8. The number of aromatic amines is 1. The highest BCUT2D eigenvalue weighted by Crippen LogP contribution is 2.29. The lowest BCUT2D eigenvalue weighted by atomic mass is 9.88. The summed E-state index contributed by atoms with van der Waals surface area (Å²) in [6.07, 6.45) is 1.96. The van der Waals surface area contributed by atoms with Gasteiger partial charge < -0.3 is 10.6 Å². The third kappa shape index (κ3) is 3.13. The van der Waals surface area contributed by atoms with Crippen molar-refractivity contribution in [1.82, 2.24) is 20.3 Å². The van der Waals surface area contributed by atoms with Crippen LogP contribution in [0, 0.1) is 0 Å². The lowest BCUT2D eigenvalue weighted by Gasteiger charge is -2.32. The van der Waals surface area contributed by atoms with E-state index in [1.165, 1.54) is 5.56 Å². The van der Waals surface area contributed by atoms with E-state index in [2.05, 4.69) is 39.7 Å². The smallest absolute Gasteiger partial charge is 0.253 e. The maximum absolute atomic E-state index is 12.8. The van der Waals surface area contributed by atoms with Gasteiger partial charge in [0.15, 0.2) is 0 Å². The summed E-state index contributed by atoms with van der Waals surface area (Å²) in [4.78, 5) is 14.7. The molecule has 0 atom stereocenters. The predicted octanol–water partition coefficient (Wildman–Crippen LogP) is 2.44. The Bertz CT molecular complexity index is 895. The molecule has 6 nitrogen and oxygen atoms in total. The molecule has 3 aromatic rings. The number of hydrogen-bond donors (Lipinski definition) is 2. The van der Waals surface area contributed by atoms with Crippen molar-refractivity contribution in [2.24, 2.45) is 5.73 Å². The topological polar surface area (TPSA) is 87.9 Å². The highest BCUT2D eigenvalue weighted by atomic mass is 16.2. The van der Waals surface area contributed by atoms with Crippen LogP contribution in [0.4, 0.5) is 0 Å². The molecule has 1 fully saturated rings. The van der Waals surface area contributed by atoms with Crippen molar-refractivity contribution in [2.45, 2.75) is 25.3 Å². The largest absolute Gasteiger partial charge is 0.339 e. The van der Waals surface area contributed by atoms with Crippen molar-refractivity contribution in [3.05, 3.63) is 59.2 Å². The first-order valence-corrected chi connectivity index (χ1v) is 8.63. The Morgan fingerprint density at radius 1 is 1.12 bits per heavy atom. The Labute approximate surface area is 146 Å². The number of hydrogen-bond acceptors (Lipinski definition) is 4. The standard InChI is InChI=1S/C19H21N5O/c20-12-13-2-1-3-15(10-13)14-6-8-24(9-7-14)19(25)16-4-5-17-18(11-16)22-23-21-17/h1-5,10-11,14H,6-9,12,20H2,(H,21,22,23). The van der Waals surface area contributed by atoms with Gasteiger partial charge in [-0.15, -0.1) is 0 Å². The van der Waals surface area contributed by atoms with E-state index in [1.54, 1.807) is 6.07 Å². The van der Waals surface area contributed by atoms with Crippen LogP contribution in [0.15, 0.2) is 42.5 Å². The van der Waals surface area contributed by atoms with E-state index in [0.717, 1.165) is 42.5 Å². The number of piperidine rings is 1. The first kappa shape index (κ1) is 15.8. The zero-order valence-electron chi connectivity index (χ0n) is 14.0. The molecule has 4 rings (SSSR count). The molecule has 0 saturated carbocycles. The van der Waals surface area contributed by atoms with Gasteiger partial charge >= 0.3 is 0 Å². The molecular formula is C19H21N5O. The van der Waals surface area contributed by atoms with E-state index in [0.29, 0.717) is 18.0 Å². The van der Waals surface area contributed by atoms with Crippen molar-refractivity contribution in [3.8, 4) is 0 Å². The number of H-pyrrole nitrogens is 1. The molecule has 128 valence electrons. The van der Waals surface area contributed by atoms with Crippen LogP contribution in [0.1, 0.15) is 40.2 Å². The Hall–Kier alpha value is -2.73. The van der Waals surface area contributed by atoms with Gasteiger partial charge in [-0.05, 0) is 48.1 Å². The summed E-state index contributed by atoms with van der Waals surface area (Å²) in [6.45, 7) is 2.11. The normalized spacial score (nSPS) is 15.6. The second-order valence-electron chi connectivity index (χ2n) is 6.54. The minimum absolute atomic E-state index is 0.0686. The van der Waals surface area contributed by atoms with Gasteiger partial charge in [0.25, 0.3) is 5.91 Å². The van der Waals surface area contributed by atoms with Crippen molar-refractivity contribution >= 4 is 16.9 Å². The van der Waals surface area contributed by atoms with Gasteiger partial charge in [0, 0.05) is 25.2 Å². The Morgan fingerprint density at radius 2 is 1.92 bits per heavy atom. The summed E-state index contributed by atoms with van der Waals surface area (Å²) in [5.74, 6) is 0.563. The Kier molecular flexibility index (Phi) is 4.19. The molecule has 1 saturated heterocycles. The summed E-state index contributed by atoms with van der Waals surface area (Å²) in [6, 6.07) is 13.9. The van der Waals surface area contributed by atoms with Gasteiger partial charge in [0.1, 0.15) is 11.0 Å². The van der Waals surface area contributed by atoms with E-state index in [4.69, 9.17) is 5.73 Å². The molecule has 0 spiro atoms. The molecule has 1 aliphatic rings. The van der Waals surface area contributed by atoms with Crippen LogP contribution in [0.3, 0.4) is 0 Å². The summed E-state index contributed by atoms with van der Waals surface area (Å²) in [5.41, 5.74) is 10.4. The van der Waals surface area contributed by atoms with E-state index in [-0.39, 0.29) is 5.91 Å². The predicted molar refractivity (Wildman–Crippen MR) is 96.1 cm³/mol. The van der Waals surface area contributed by atoms with Crippen molar-refractivity contribution < 1.29 is 4.79 Å². The number of rotatable bonds is 3. The molecule has 3 N–H and O–H groups in total. The zero-order valence-corrected chi connectivity index (χ0v) is 14.0. The number of likely N-dealkylation sites (tertiary alicyclic amines) is 1. The number of benzene rings is 2. The number of amides is 1. The quantitative estimate of drug-likeness (QED) is 0.769. The average molecular weight is 335 g/mol. The van der Waals surface area contributed by atoms with Crippen LogP contribution >= 0.6 is 0 Å². The van der Waals surface area contributed by atoms with Crippen molar-refractivity contribution in [1.29, 1.82) is 0 Å². The van der Waals surface area contributed by atoms with E-state index >= 15 is 0 Å². The third-order valence-electron chi connectivity index (χ3n) is 5.00. The number of nitrogens with zero attached hydrogens (tertiary/aromatic N) is 3. The van der Waals surface area contributed by atoms with Crippen molar-refractivity contribution in [3.63, 3.8) is 0 Å². The second-order valence-corrected chi connectivity index (χ2v) is 6.54. The highest BCUT2D eigenvalue weighted by Gasteiger charge is 2.25. The average Bonchev–Trinajstić information content (AvgIpc) is 3.15. The second kappa shape index (κ2) is 6.64. The summed E-state index contributed by atoms with van der Waals surface area (Å²) in [7, 11) is 0. The summed E-state index contributed by atoms with van der Waals surface area (Å²) < 4.78 is 0. The van der Waals surface area contributed by atoms with Crippen LogP contribution < -0.4 is 5.73 Å². The van der Waals surface area contributed by atoms with Gasteiger partial charge in [-0.3, -0.25) is 4.79 Å². The molecule has 2 heterocycles. The molecule has 0 radical (unpaired) electrons. The molecule has 1 amide bonds. The number of carbonyl (C=O) groups is 1. The molecule has 25 heavy (non-hydrogen) atoms. The van der Waals surface area contributed by atoms with Crippen LogP contribution in [0.5, 0.6) is 0 Å². The van der Waals surface area contributed by atoms with E-state index < -0.39 is 0 Å². The highest BCUT2D eigenvalue weighted by molar-refractivity contribution is 5.97. The lowest BCUT2D eigenvalue weighted by molar-refractivity contribution is 0.0713. The van der Waals surface area contributed by atoms with Gasteiger partial charge in [0.05, 0.1) is 0 Å². The molecule has 0 bridgehead atoms. The van der Waals surface area contributed by atoms with Crippen LogP contribution in [0.2, 0.25) is 0 Å². The number of carbonyl (C=O) groups excluding carboxylic acids is 1. The molecule has 1 aliphatic heterocycles. The van der Waals surface area contributed by atoms with Gasteiger partial charge in [-0.25, -0.2) is 0 Å². The number of aromatic nitrogens is 3. The van der Waals surface area contributed by atoms with Gasteiger partial charge in [-0.2, -0.15) is 15.4 Å². The number of fused-ring (bicyclic) bond motifs is 1. The van der Waals surface area contributed by atoms with E-state index in [1.807, 2.05) is 17.0 Å². The monoisotopic (exact) mass is 335 g/mol. The fraction of sp³-hybridized carbons (Fsp3) is 0.316.